The van der Waals surface area contributed by atoms with Gasteiger partial charge >= 0.3 is 0 Å². The molecular weight excluding hydrogens is 458 g/mol. The average molecular weight is 484 g/mol. The molecule has 0 bridgehead atoms. The largest absolute Gasteiger partial charge is 0.348 e. The maximum Gasteiger partial charge on any atom is 0.251 e. The lowest BCUT2D eigenvalue weighted by Gasteiger charge is -2.17. The van der Waals surface area contributed by atoms with Crippen molar-refractivity contribution in [2.24, 2.45) is 0 Å². The minimum Gasteiger partial charge on any atom is -0.348 e. The van der Waals surface area contributed by atoms with E-state index in [0.29, 0.717) is 0 Å². The van der Waals surface area contributed by atoms with Crippen LogP contribution in [-0.2, 0) is 23.1 Å². The number of likely N-dealkylation sites (tertiary alicyclic amines) is 1. The van der Waals surface area contributed by atoms with Gasteiger partial charge < -0.3 is 5.32 Å². The summed E-state index contributed by atoms with van der Waals surface area (Å²) in [5.41, 5.74) is 2.33. The lowest BCUT2D eigenvalue weighted by atomic mass is 10.2. The fraction of sp³-hybridized carbons (Fsp3) is 0.240. The molecule has 33 heavy (non-hydrogen) atoms. The number of nitrogens with zero attached hydrogens (tertiary/aromatic N) is 1. The van der Waals surface area contributed by atoms with Gasteiger partial charge in [-0.15, -0.1) is 0 Å². The highest BCUT2D eigenvalue weighted by atomic mass is 35.5. The second kappa shape index (κ2) is 10.5. The van der Waals surface area contributed by atoms with Crippen LogP contribution in [0.4, 0.5) is 0 Å². The molecule has 8 heteroatoms. The number of amides is 1. The molecule has 1 fully saturated rings. The maximum atomic E-state index is 12.8. The van der Waals surface area contributed by atoms with Crippen LogP contribution in [0, 0.1) is 0 Å². The van der Waals surface area contributed by atoms with Crippen LogP contribution < -0.4 is 10.0 Å². The molecule has 6 nitrogen and oxygen atoms in total. The second-order valence-corrected chi connectivity index (χ2v) is 10.3. The van der Waals surface area contributed by atoms with E-state index in [1.807, 2.05) is 48.5 Å². The van der Waals surface area contributed by atoms with Crippen LogP contribution in [0.15, 0.2) is 83.8 Å². The fourth-order valence-electron chi connectivity index (χ4n) is 3.91. The van der Waals surface area contributed by atoms with E-state index in [0.717, 1.165) is 31.6 Å². The second-order valence-electron chi connectivity index (χ2n) is 8.14. The third kappa shape index (κ3) is 6.21. The smallest absolute Gasteiger partial charge is 0.251 e. The number of benzene rings is 3. The van der Waals surface area contributed by atoms with E-state index in [-0.39, 0.29) is 34.0 Å². The van der Waals surface area contributed by atoms with E-state index in [1.165, 1.54) is 17.7 Å². The van der Waals surface area contributed by atoms with Crippen molar-refractivity contribution in [3.05, 3.63) is 101 Å². The van der Waals surface area contributed by atoms with Crippen LogP contribution in [0.5, 0.6) is 0 Å². The highest BCUT2D eigenvalue weighted by molar-refractivity contribution is 7.89. The Morgan fingerprint density at radius 1 is 0.970 bits per heavy atom. The molecule has 1 aliphatic heterocycles. The molecule has 0 aromatic heterocycles. The normalized spacial score (nSPS) is 16.6. The number of carbonyl (C=O) groups is 1. The lowest BCUT2D eigenvalue weighted by molar-refractivity contribution is 0.0937. The van der Waals surface area contributed by atoms with Gasteiger partial charge in [0.1, 0.15) is 4.90 Å². The Morgan fingerprint density at radius 2 is 1.64 bits per heavy atom. The average Bonchev–Trinajstić information content (AvgIpc) is 3.26. The Bertz CT molecular complexity index is 1200. The van der Waals surface area contributed by atoms with Crippen molar-refractivity contribution >= 4 is 27.5 Å². The van der Waals surface area contributed by atoms with E-state index in [2.05, 4.69) is 27.1 Å². The molecule has 4 rings (SSSR count). The molecule has 3 aromatic rings. The van der Waals surface area contributed by atoms with Crippen LogP contribution >= 0.6 is 11.6 Å². The number of sulfonamides is 1. The number of nitrogens with one attached hydrogen (secondary N) is 2. The molecule has 3 aromatic carbocycles. The van der Waals surface area contributed by atoms with Crippen LogP contribution in [0.1, 0.15) is 27.9 Å². The highest BCUT2D eigenvalue weighted by Gasteiger charge is 2.25. The first-order valence-corrected chi connectivity index (χ1v) is 12.7. The summed E-state index contributed by atoms with van der Waals surface area (Å²) in [6.07, 6.45) is 0.843. The predicted molar refractivity (Wildman–Crippen MR) is 130 cm³/mol. The minimum atomic E-state index is -3.89. The van der Waals surface area contributed by atoms with Crippen LogP contribution in [0.25, 0.3) is 0 Å². The standard InChI is InChI=1S/C25H26ClN3O3S/c26-23-12-11-21(15-24(23)33(31,32)27-16-19-7-3-1-4-8-19)25(30)28-22-13-14-29(18-22)17-20-9-5-2-6-10-20/h1-12,15,22,27H,13-14,16-18H2,(H,28,30). The van der Waals surface area contributed by atoms with Crippen LogP contribution in [0.3, 0.4) is 0 Å². The highest BCUT2D eigenvalue weighted by Crippen LogP contribution is 2.23. The van der Waals surface area contributed by atoms with E-state index >= 15 is 0 Å². The van der Waals surface area contributed by atoms with Gasteiger partial charge in [0, 0.05) is 37.8 Å². The topological polar surface area (TPSA) is 78.5 Å². The molecule has 0 spiro atoms. The molecule has 1 amide bonds. The third-order valence-electron chi connectivity index (χ3n) is 5.65. The molecule has 1 unspecified atom stereocenters. The molecule has 1 saturated heterocycles. The van der Waals surface area contributed by atoms with Crippen molar-refractivity contribution in [1.29, 1.82) is 0 Å². The Labute approximate surface area is 199 Å². The van der Waals surface area contributed by atoms with Gasteiger partial charge in [-0.25, -0.2) is 13.1 Å². The number of rotatable bonds is 8. The Morgan fingerprint density at radius 3 is 2.33 bits per heavy atom. The van der Waals surface area contributed by atoms with Gasteiger partial charge in [0.2, 0.25) is 10.0 Å². The van der Waals surface area contributed by atoms with Crippen molar-refractivity contribution < 1.29 is 13.2 Å². The van der Waals surface area contributed by atoms with Crippen LogP contribution in [-0.4, -0.2) is 38.4 Å². The van der Waals surface area contributed by atoms with Crippen molar-refractivity contribution in [3.63, 3.8) is 0 Å². The van der Waals surface area contributed by atoms with Gasteiger partial charge in [0.05, 0.1) is 5.02 Å². The lowest BCUT2D eigenvalue weighted by Crippen LogP contribution is -2.37. The molecule has 1 aliphatic rings. The number of hydrogen-bond acceptors (Lipinski definition) is 4. The minimum absolute atomic E-state index is 0.00755. The monoisotopic (exact) mass is 483 g/mol. The number of halogens is 1. The quantitative estimate of drug-likeness (QED) is 0.510. The van der Waals surface area contributed by atoms with Gasteiger partial charge in [-0.1, -0.05) is 72.3 Å². The summed E-state index contributed by atoms with van der Waals surface area (Å²) in [6.45, 7) is 2.61. The van der Waals surface area contributed by atoms with E-state index in [1.54, 1.807) is 6.07 Å². The summed E-state index contributed by atoms with van der Waals surface area (Å²) in [5, 5.41) is 3.10. The first kappa shape index (κ1) is 23.4. The summed E-state index contributed by atoms with van der Waals surface area (Å²) < 4.78 is 28.2. The molecule has 172 valence electrons. The van der Waals surface area contributed by atoms with Gasteiger partial charge in [-0.2, -0.15) is 0 Å². The van der Waals surface area contributed by atoms with Gasteiger partial charge in [0.25, 0.3) is 5.91 Å². The molecule has 1 heterocycles. The summed E-state index contributed by atoms with van der Waals surface area (Å²) in [5.74, 6) is -0.308. The first-order valence-electron chi connectivity index (χ1n) is 10.8. The summed E-state index contributed by atoms with van der Waals surface area (Å²) in [4.78, 5) is 15.0. The first-order chi connectivity index (χ1) is 15.9. The Hall–Kier alpha value is -2.71. The van der Waals surface area contributed by atoms with Crippen molar-refractivity contribution in [3.8, 4) is 0 Å². The van der Waals surface area contributed by atoms with Crippen LogP contribution in [0.2, 0.25) is 5.02 Å². The molecule has 0 radical (unpaired) electrons. The van der Waals surface area contributed by atoms with E-state index in [9.17, 15) is 13.2 Å². The van der Waals surface area contributed by atoms with Gasteiger partial charge in [-0.3, -0.25) is 9.69 Å². The Kier molecular flexibility index (Phi) is 7.45. The Balaban J connectivity index is 1.39. The van der Waals surface area contributed by atoms with Gasteiger partial charge in [-0.05, 0) is 35.7 Å². The summed E-state index contributed by atoms with van der Waals surface area (Å²) in [6, 6.07) is 23.8. The molecule has 0 aliphatic carbocycles. The number of hydrogen-bond donors (Lipinski definition) is 2. The van der Waals surface area contributed by atoms with Crippen molar-refractivity contribution in [2.75, 3.05) is 13.1 Å². The number of carbonyl (C=O) groups excluding carboxylic acids is 1. The summed E-state index contributed by atoms with van der Waals surface area (Å²) in [7, 11) is -3.89. The molecule has 1 atom stereocenters. The van der Waals surface area contributed by atoms with Crippen molar-refractivity contribution in [2.45, 2.75) is 30.4 Å². The zero-order valence-electron chi connectivity index (χ0n) is 18.1. The van der Waals surface area contributed by atoms with Gasteiger partial charge in [0.15, 0.2) is 0 Å². The SMILES string of the molecule is O=C(NC1CCN(Cc2ccccc2)C1)c1ccc(Cl)c(S(=O)(=O)NCc2ccccc2)c1. The van der Waals surface area contributed by atoms with E-state index < -0.39 is 10.0 Å². The zero-order chi connectivity index (χ0) is 23.3. The van der Waals surface area contributed by atoms with Crippen molar-refractivity contribution in [1.82, 2.24) is 14.9 Å². The zero-order valence-corrected chi connectivity index (χ0v) is 19.6. The molecular formula is C25H26ClN3O3S. The molecule has 0 saturated carbocycles. The predicted octanol–water partition coefficient (Wildman–Crippen LogP) is 3.82. The fourth-order valence-corrected chi connectivity index (χ4v) is 5.45. The molecule has 2 N–H and O–H groups in total. The maximum absolute atomic E-state index is 12.8. The van der Waals surface area contributed by atoms with E-state index in [4.69, 9.17) is 11.6 Å². The third-order valence-corrected chi connectivity index (χ3v) is 7.53. The summed E-state index contributed by atoms with van der Waals surface area (Å²) >= 11 is 6.18.